The monoisotopic (exact) mass is 456 g/mol. The van der Waals surface area contributed by atoms with Gasteiger partial charge in [0.2, 0.25) is 0 Å². The summed E-state index contributed by atoms with van der Waals surface area (Å²) in [6.45, 7) is 0.211. The summed E-state index contributed by atoms with van der Waals surface area (Å²) < 4.78 is 7.24. The molecule has 1 N–H and O–H groups in total. The van der Waals surface area contributed by atoms with E-state index in [0.29, 0.717) is 22.9 Å². The van der Waals surface area contributed by atoms with Crippen molar-refractivity contribution in [1.29, 1.82) is 0 Å². The molecule has 0 aliphatic carbocycles. The zero-order chi connectivity index (χ0) is 14.4. The average Bonchev–Trinajstić information content (AvgIpc) is 2.32. The molecule has 0 atom stereocenters. The number of hydrogen-bond donors (Lipinski definition) is 1. The minimum atomic E-state index is -0.843. The second kappa shape index (κ2) is 8.01. The first-order chi connectivity index (χ1) is 8.91. The van der Waals surface area contributed by atoms with Crippen LogP contribution < -0.4 is 0 Å². The Hall–Kier alpha value is -0.400. The SMILES string of the molecule is O=C(O)CCCCOC(=O)c1cc(Br)cc(Br)c1Br. The van der Waals surface area contributed by atoms with Crippen molar-refractivity contribution in [3.05, 3.63) is 31.1 Å². The van der Waals surface area contributed by atoms with Gasteiger partial charge in [-0.25, -0.2) is 4.79 Å². The number of carboxylic acid groups (broad SMARTS) is 1. The lowest BCUT2D eigenvalue weighted by molar-refractivity contribution is -0.137. The summed E-state index contributed by atoms with van der Waals surface area (Å²) in [5.74, 6) is -1.28. The number of carboxylic acids is 1. The normalized spacial score (nSPS) is 10.3. The van der Waals surface area contributed by atoms with Crippen molar-refractivity contribution in [3.63, 3.8) is 0 Å². The van der Waals surface area contributed by atoms with E-state index in [1.54, 1.807) is 6.07 Å². The van der Waals surface area contributed by atoms with Crippen LogP contribution in [0.5, 0.6) is 0 Å². The number of carbonyl (C=O) groups excluding carboxylic acids is 1. The molecule has 0 unspecified atom stereocenters. The van der Waals surface area contributed by atoms with Crippen LogP contribution in [0.15, 0.2) is 25.6 Å². The van der Waals surface area contributed by atoms with Gasteiger partial charge in [-0.3, -0.25) is 4.79 Å². The molecule has 7 heteroatoms. The van der Waals surface area contributed by atoms with E-state index in [1.165, 1.54) is 0 Å². The van der Waals surface area contributed by atoms with E-state index >= 15 is 0 Å². The predicted molar refractivity (Wildman–Crippen MR) is 81.3 cm³/mol. The third kappa shape index (κ3) is 5.62. The summed E-state index contributed by atoms with van der Waals surface area (Å²) in [4.78, 5) is 22.2. The van der Waals surface area contributed by atoms with Crippen LogP contribution in [-0.4, -0.2) is 23.7 Å². The lowest BCUT2D eigenvalue weighted by atomic mass is 10.2. The number of hydrogen-bond acceptors (Lipinski definition) is 3. The summed E-state index contributed by atoms with van der Waals surface area (Å²) >= 11 is 9.94. The maximum absolute atomic E-state index is 11.9. The topological polar surface area (TPSA) is 63.6 Å². The van der Waals surface area contributed by atoms with E-state index < -0.39 is 11.9 Å². The molecule has 0 fully saturated rings. The van der Waals surface area contributed by atoms with Crippen LogP contribution in [0, 0.1) is 0 Å². The first-order valence-corrected chi connectivity index (χ1v) is 7.83. The quantitative estimate of drug-likeness (QED) is 0.390. The van der Waals surface area contributed by atoms with E-state index in [2.05, 4.69) is 47.8 Å². The molecule has 1 aromatic carbocycles. The maximum Gasteiger partial charge on any atom is 0.339 e. The number of rotatable bonds is 6. The van der Waals surface area contributed by atoms with E-state index in [4.69, 9.17) is 9.84 Å². The lowest BCUT2D eigenvalue weighted by Gasteiger charge is -2.08. The van der Waals surface area contributed by atoms with Crippen molar-refractivity contribution in [3.8, 4) is 0 Å². The highest BCUT2D eigenvalue weighted by molar-refractivity contribution is 9.13. The molecule has 0 aromatic heterocycles. The van der Waals surface area contributed by atoms with E-state index in [0.717, 1.165) is 8.95 Å². The van der Waals surface area contributed by atoms with Gasteiger partial charge >= 0.3 is 11.9 Å². The van der Waals surface area contributed by atoms with Crippen molar-refractivity contribution in [2.75, 3.05) is 6.61 Å². The molecule has 19 heavy (non-hydrogen) atoms. The Morgan fingerprint density at radius 3 is 2.47 bits per heavy atom. The van der Waals surface area contributed by atoms with Gasteiger partial charge in [0.05, 0.1) is 12.2 Å². The number of ether oxygens (including phenoxy) is 1. The van der Waals surface area contributed by atoms with Gasteiger partial charge in [0.25, 0.3) is 0 Å². The van der Waals surface area contributed by atoms with Crippen LogP contribution in [0.3, 0.4) is 0 Å². The summed E-state index contributed by atoms with van der Waals surface area (Å²) in [5, 5.41) is 8.47. The Morgan fingerprint density at radius 2 is 1.84 bits per heavy atom. The average molecular weight is 459 g/mol. The van der Waals surface area contributed by atoms with Gasteiger partial charge < -0.3 is 9.84 Å². The Bertz CT molecular complexity index is 488. The number of unbranched alkanes of at least 4 members (excludes halogenated alkanes) is 1. The van der Waals surface area contributed by atoms with Crippen molar-refractivity contribution >= 4 is 59.7 Å². The van der Waals surface area contributed by atoms with Crippen LogP contribution in [-0.2, 0) is 9.53 Å². The summed E-state index contributed by atoms with van der Waals surface area (Å²) in [7, 11) is 0. The van der Waals surface area contributed by atoms with Crippen molar-refractivity contribution in [1.82, 2.24) is 0 Å². The van der Waals surface area contributed by atoms with Gasteiger partial charge in [-0.1, -0.05) is 15.9 Å². The molecule has 0 spiro atoms. The third-order valence-electron chi connectivity index (χ3n) is 2.23. The zero-order valence-electron chi connectivity index (χ0n) is 9.79. The highest BCUT2D eigenvalue weighted by Crippen LogP contribution is 2.31. The highest BCUT2D eigenvalue weighted by atomic mass is 79.9. The van der Waals surface area contributed by atoms with Gasteiger partial charge in [-0.2, -0.15) is 0 Å². The molecular weight excluding hydrogens is 448 g/mol. The molecule has 0 saturated carbocycles. The van der Waals surface area contributed by atoms with E-state index in [-0.39, 0.29) is 13.0 Å². The van der Waals surface area contributed by atoms with Crippen molar-refractivity contribution < 1.29 is 19.4 Å². The highest BCUT2D eigenvalue weighted by Gasteiger charge is 2.15. The Morgan fingerprint density at radius 1 is 1.16 bits per heavy atom. The molecule has 0 heterocycles. The number of esters is 1. The van der Waals surface area contributed by atoms with Gasteiger partial charge in [0.1, 0.15) is 0 Å². The van der Waals surface area contributed by atoms with Crippen molar-refractivity contribution in [2.45, 2.75) is 19.3 Å². The number of carbonyl (C=O) groups is 2. The van der Waals surface area contributed by atoms with Crippen LogP contribution in [0.4, 0.5) is 0 Å². The molecule has 0 amide bonds. The largest absolute Gasteiger partial charge is 0.481 e. The molecule has 0 aliphatic rings. The van der Waals surface area contributed by atoms with E-state index in [9.17, 15) is 9.59 Å². The zero-order valence-corrected chi connectivity index (χ0v) is 14.5. The summed E-state index contributed by atoms with van der Waals surface area (Å²) in [6, 6.07) is 3.47. The molecule has 4 nitrogen and oxygen atoms in total. The Labute approximate surface area is 135 Å². The Balaban J connectivity index is 2.52. The van der Waals surface area contributed by atoms with Crippen LogP contribution >= 0.6 is 47.8 Å². The predicted octanol–water partition coefficient (Wildman–Crippen LogP) is 4.39. The molecular formula is C12H11Br3O4. The number of aliphatic carboxylic acids is 1. The van der Waals surface area contributed by atoms with Gasteiger partial charge in [0.15, 0.2) is 0 Å². The number of halogens is 3. The minimum Gasteiger partial charge on any atom is -0.481 e. The third-order valence-corrected chi connectivity index (χ3v) is 4.70. The minimum absolute atomic E-state index is 0.0870. The molecule has 0 aliphatic heterocycles. The second-order valence-electron chi connectivity index (χ2n) is 3.74. The van der Waals surface area contributed by atoms with Crippen molar-refractivity contribution in [2.24, 2.45) is 0 Å². The summed E-state index contributed by atoms with van der Waals surface area (Å²) in [6.07, 6.45) is 1.11. The fraction of sp³-hybridized carbons (Fsp3) is 0.333. The first-order valence-electron chi connectivity index (χ1n) is 5.45. The second-order valence-corrected chi connectivity index (χ2v) is 6.30. The standard InChI is InChI=1S/C12H11Br3O4/c13-7-5-8(11(15)9(14)6-7)12(18)19-4-2-1-3-10(16)17/h5-6H,1-4H2,(H,16,17). The summed E-state index contributed by atoms with van der Waals surface area (Å²) in [5.41, 5.74) is 0.416. The number of benzene rings is 1. The smallest absolute Gasteiger partial charge is 0.339 e. The van der Waals surface area contributed by atoms with Crippen LogP contribution in [0.2, 0.25) is 0 Å². The lowest BCUT2D eigenvalue weighted by Crippen LogP contribution is -2.08. The Kier molecular flexibility index (Phi) is 7.02. The molecule has 1 aromatic rings. The molecule has 1 rings (SSSR count). The fourth-order valence-corrected chi connectivity index (χ4v) is 2.94. The molecule has 0 bridgehead atoms. The molecule has 0 radical (unpaired) electrons. The molecule has 0 saturated heterocycles. The van der Waals surface area contributed by atoms with Crippen LogP contribution in [0.25, 0.3) is 0 Å². The van der Waals surface area contributed by atoms with Crippen LogP contribution in [0.1, 0.15) is 29.6 Å². The van der Waals surface area contributed by atoms with E-state index in [1.807, 2.05) is 6.07 Å². The first kappa shape index (κ1) is 16.7. The molecule has 104 valence electrons. The fourth-order valence-electron chi connectivity index (χ4n) is 1.33. The van der Waals surface area contributed by atoms with Gasteiger partial charge in [-0.15, -0.1) is 0 Å². The maximum atomic E-state index is 11.9. The van der Waals surface area contributed by atoms with Gasteiger partial charge in [-0.05, 0) is 56.8 Å². The van der Waals surface area contributed by atoms with Gasteiger partial charge in [0, 0.05) is 19.8 Å².